The minimum atomic E-state index is -0.555. The summed E-state index contributed by atoms with van der Waals surface area (Å²) in [6.45, 7) is 1.63. The van der Waals surface area contributed by atoms with E-state index in [1.807, 2.05) is 30.3 Å². The first-order valence-corrected chi connectivity index (χ1v) is 4.96. The topological polar surface area (TPSA) is 73.8 Å². The first-order valence-electron chi connectivity index (χ1n) is 4.96. The second kappa shape index (κ2) is 4.24. The highest BCUT2D eigenvalue weighted by molar-refractivity contribution is 5.97. The summed E-state index contributed by atoms with van der Waals surface area (Å²) in [6.07, 6.45) is 1.58. The van der Waals surface area contributed by atoms with Crippen molar-refractivity contribution < 1.29 is 4.79 Å². The third kappa shape index (κ3) is 1.99. The van der Waals surface area contributed by atoms with Gasteiger partial charge in [-0.1, -0.05) is 23.4 Å². The van der Waals surface area contributed by atoms with Gasteiger partial charge in [0.1, 0.15) is 0 Å². The molecule has 1 aromatic carbocycles. The summed E-state index contributed by atoms with van der Waals surface area (Å²) in [6, 6.07) is 8.91. The molecule has 1 aromatic heterocycles. The number of carbonyl (C=O) groups is 1. The molecule has 2 N–H and O–H groups in total. The Morgan fingerprint density at radius 1 is 1.38 bits per heavy atom. The van der Waals surface area contributed by atoms with Crippen LogP contribution in [-0.2, 0) is 0 Å². The fourth-order valence-corrected chi connectivity index (χ4v) is 1.32. The van der Waals surface area contributed by atoms with Gasteiger partial charge >= 0.3 is 0 Å². The van der Waals surface area contributed by atoms with E-state index in [1.54, 1.807) is 17.8 Å². The minimum Gasteiger partial charge on any atom is -0.321 e. The highest BCUT2D eigenvalue weighted by Crippen LogP contribution is 2.06. The molecular weight excluding hydrogens is 204 g/mol. The Labute approximate surface area is 92.9 Å². The SMILES string of the molecule is CC(N)C(=O)c1cn(-c2ccccc2)nn1. The average molecular weight is 216 g/mol. The number of aromatic nitrogens is 3. The summed E-state index contributed by atoms with van der Waals surface area (Å²) in [4.78, 5) is 11.5. The van der Waals surface area contributed by atoms with E-state index in [-0.39, 0.29) is 5.78 Å². The van der Waals surface area contributed by atoms with E-state index in [9.17, 15) is 4.79 Å². The lowest BCUT2D eigenvalue weighted by Crippen LogP contribution is -2.26. The molecule has 2 aromatic rings. The fraction of sp³-hybridized carbons (Fsp3) is 0.182. The van der Waals surface area contributed by atoms with Gasteiger partial charge in [0.25, 0.3) is 0 Å². The van der Waals surface area contributed by atoms with Crippen molar-refractivity contribution in [2.45, 2.75) is 13.0 Å². The van der Waals surface area contributed by atoms with E-state index in [4.69, 9.17) is 5.73 Å². The van der Waals surface area contributed by atoms with Crippen LogP contribution in [0.4, 0.5) is 0 Å². The van der Waals surface area contributed by atoms with E-state index in [2.05, 4.69) is 10.3 Å². The van der Waals surface area contributed by atoms with Gasteiger partial charge in [-0.3, -0.25) is 4.79 Å². The summed E-state index contributed by atoms with van der Waals surface area (Å²) in [5.41, 5.74) is 6.64. The highest BCUT2D eigenvalue weighted by Gasteiger charge is 2.15. The number of ketones is 1. The third-order valence-electron chi connectivity index (χ3n) is 2.18. The molecule has 2 rings (SSSR count). The van der Waals surface area contributed by atoms with Crippen LogP contribution in [0.3, 0.4) is 0 Å². The van der Waals surface area contributed by atoms with Crippen LogP contribution >= 0.6 is 0 Å². The summed E-state index contributed by atoms with van der Waals surface area (Å²) in [7, 11) is 0. The van der Waals surface area contributed by atoms with E-state index < -0.39 is 6.04 Å². The predicted molar refractivity (Wildman–Crippen MR) is 59.3 cm³/mol. The van der Waals surface area contributed by atoms with Crippen LogP contribution in [0.2, 0.25) is 0 Å². The molecule has 0 bridgehead atoms. The molecule has 0 saturated carbocycles. The summed E-state index contributed by atoms with van der Waals surface area (Å²) in [5.74, 6) is -0.206. The first kappa shape index (κ1) is 10.5. The molecule has 5 heteroatoms. The van der Waals surface area contributed by atoms with Crippen molar-refractivity contribution in [3.05, 3.63) is 42.2 Å². The van der Waals surface area contributed by atoms with E-state index in [0.29, 0.717) is 5.69 Å². The zero-order valence-corrected chi connectivity index (χ0v) is 8.87. The summed E-state index contributed by atoms with van der Waals surface area (Å²) >= 11 is 0. The quantitative estimate of drug-likeness (QED) is 0.770. The van der Waals surface area contributed by atoms with Gasteiger partial charge in [0.05, 0.1) is 17.9 Å². The van der Waals surface area contributed by atoms with E-state index in [0.717, 1.165) is 5.69 Å². The molecule has 5 nitrogen and oxygen atoms in total. The monoisotopic (exact) mass is 216 g/mol. The van der Waals surface area contributed by atoms with Crippen molar-refractivity contribution in [2.75, 3.05) is 0 Å². The highest BCUT2D eigenvalue weighted by atomic mass is 16.1. The number of carbonyl (C=O) groups excluding carboxylic acids is 1. The molecule has 1 atom stereocenters. The molecule has 0 amide bonds. The van der Waals surface area contributed by atoms with Gasteiger partial charge in [0.15, 0.2) is 5.69 Å². The van der Waals surface area contributed by atoms with Crippen LogP contribution in [0.1, 0.15) is 17.4 Å². The Kier molecular flexibility index (Phi) is 2.78. The predicted octanol–water partition coefficient (Wildman–Crippen LogP) is 0.797. The second-order valence-corrected chi connectivity index (χ2v) is 3.54. The first-order chi connectivity index (χ1) is 7.68. The Hall–Kier alpha value is -2.01. The minimum absolute atomic E-state index is 0.206. The Morgan fingerprint density at radius 3 is 2.69 bits per heavy atom. The van der Waals surface area contributed by atoms with Crippen LogP contribution in [-0.4, -0.2) is 26.8 Å². The lowest BCUT2D eigenvalue weighted by atomic mass is 10.2. The Balaban J connectivity index is 2.30. The van der Waals surface area contributed by atoms with E-state index >= 15 is 0 Å². The molecule has 1 heterocycles. The molecule has 0 aliphatic carbocycles. The maximum Gasteiger partial charge on any atom is 0.201 e. The lowest BCUT2D eigenvalue weighted by Gasteiger charge is -1.99. The zero-order chi connectivity index (χ0) is 11.5. The number of para-hydroxylation sites is 1. The average Bonchev–Trinajstić information content (AvgIpc) is 2.78. The maximum atomic E-state index is 11.5. The zero-order valence-electron chi connectivity index (χ0n) is 8.87. The van der Waals surface area contributed by atoms with Crippen LogP contribution < -0.4 is 5.73 Å². The Bertz CT molecular complexity index is 490. The van der Waals surface area contributed by atoms with Crippen molar-refractivity contribution in [3.8, 4) is 5.69 Å². The van der Waals surface area contributed by atoms with Crippen LogP contribution in [0.5, 0.6) is 0 Å². The van der Waals surface area contributed by atoms with Gasteiger partial charge in [-0.05, 0) is 19.1 Å². The van der Waals surface area contributed by atoms with Crippen molar-refractivity contribution >= 4 is 5.78 Å². The standard InChI is InChI=1S/C11H12N4O/c1-8(12)11(16)10-7-15(14-13-10)9-5-3-2-4-6-9/h2-8H,12H2,1H3. The van der Waals surface area contributed by atoms with Gasteiger partial charge in [-0.25, -0.2) is 4.68 Å². The largest absolute Gasteiger partial charge is 0.321 e. The molecule has 0 radical (unpaired) electrons. The molecule has 0 saturated heterocycles. The van der Waals surface area contributed by atoms with Crippen molar-refractivity contribution in [3.63, 3.8) is 0 Å². The Morgan fingerprint density at radius 2 is 2.06 bits per heavy atom. The smallest absolute Gasteiger partial charge is 0.201 e. The molecule has 0 fully saturated rings. The third-order valence-corrected chi connectivity index (χ3v) is 2.18. The molecule has 1 unspecified atom stereocenters. The molecule has 16 heavy (non-hydrogen) atoms. The fourth-order valence-electron chi connectivity index (χ4n) is 1.32. The second-order valence-electron chi connectivity index (χ2n) is 3.54. The number of hydrogen-bond acceptors (Lipinski definition) is 4. The molecule has 82 valence electrons. The van der Waals surface area contributed by atoms with Crippen LogP contribution in [0.15, 0.2) is 36.5 Å². The summed E-state index contributed by atoms with van der Waals surface area (Å²) < 4.78 is 1.55. The van der Waals surface area contributed by atoms with Gasteiger partial charge < -0.3 is 5.73 Å². The van der Waals surface area contributed by atoms with Crippen molar-refractivity contribution in [1.82, 2.24) is 15.0 Å². The van der Waals surface area contributed by atoms with Crippen molar-refractivity contribution in [1.29, 1.82) is 0 Å². The van der Waals surface area contributed by atoms with Gasteiger partial charge in [0.2, 0.25) is 5.78 Å². The molecular formula is C11H12N4O. The number of nitrogens with zero attached hydrogens (tertiary/aromatic N) is 3. The van der Waals surface area contributed by atoms with E-state index in [1.165, 1.54) is 0 Å². The maximum absolute atomic E-state index is 11.5. The molecule has 0 aliphatic rings. The van der Waals surface area contributed by atoms with Crippen LogP contribution in [0.25, 0.3) is 5.69 Å². The van der Waals surface area contributed by atoms with Crippen molar-refractivity contribution in [2.24, 2.45) is 5.73 Å². The number of hydrogen-bond donors (Lipinski definition) is 1. The summed E-state index contributed by atoms with van der Waals surface area (Å²) in [5, 5.41) is 7.68. The van der Waals surface area contributed by atoms with Gasteiger partial charge in [0, 0.05) is 0 Å². The lowest BCUT2D eigenvalue weighted by molar-refractivity contribution is 0.0963. The molecule has 0 aliphatic heterocycles. The molecule has 0 spiro atoms. The number of rotatable bonds is 3. The van der Waals surface area contributed by atoms with Crippen LogP contribution in [0, 0.1) is 0 Å². The number of benzene rings is 1. The van der Waals surface area contributed by atoms with Gasteiger partial charge in [-0.15, -0.1) is 5.10 Å². The number of nitrogens with two attached hydrogens (primary N) is 1. The van der Waals surface area contributed by atoms with Gasteiger partial charge in [-0.2, -0.15) is 0 Å². The normalized spacial score (nSPS) is 12.4. The number of Topliss-reactive ketones (excluding diaryl/α,β-unsaturated/α-hetero) is 1.